The van der Waals surface area contributed by atoms with Crippen LogP contribution in [0.3, 0.4) is 0 Å². The monoisotopic (exact) mass is 490 g/mol. The molecule has 1 atom stereocenters. The lowest BCUT2D eigenvalue weighted by Gasteiger charge is -2.32. The van der Waals surface area contributed by atoms with Gasteiger partial charge in [0.2, 0.25) is 11.8 Å². The molecule has 0 saturated carbocycles. The predicted molar refractivity (Wildman–Crippen MR) is 143 cm³/mol. The average molecular weight is 491 g/mol. The highest BCUT2D eigenvalue weighted by Gasteiger charge is 2.30. The molecule has 0 saturated heterocycles. The molecule has 5 heteroatoms. The number of amides is 2. The van der Waals surface area contributed by atoms with E-state index in [0.29, 0.717) is 24.3 Å². The molecule has 0 radical (unpaired) electrons. The van der Waals surface area contributed by atoms with Gasteiger partial charge < -0.3 is 10.2 Å². The summed E-state index contributed by atoms with van der Waals surface area (Å²) < 4.78 is 0. The normalized spacial score (nSPS) is 11.8. The Morgan fingerprint density at radius 1 is 0.857 bits per heavy atom. The van der Waals surface area contributed by atoms with E-state index < -0.39 is 6.04 Å². The molecule has 0 aliphatic carbocycles. The highest BCUT2D eigenvalue weighted by atomic mass is 35.5. The zero-order valence-corrected chi connectivity index (χ0v) is 21.6. The van der Waals surface area contributed by atoms with E-state index in [9.17, 15) is 9.59 Å². The summed E-state index contributed by atoms with van der Waals surface area (Å²) in [6.45, 7) is 6.26. The summed E-state index contributed by atoms with van der Waals surface area (Å²) in [6, 6.07) is 25.0. The fraction of sp³-hybridized carbons (Fsp3) is 0.333. The van der Waals surface area contributed by atoms with Crippen LogP contribution < -0.4 is 5.32 Å². The molecule has 184 valence electrons. The molecular formula is C30H35ClN2O2. The molecular weight excluding hydrogens is 456 g/mol. The van der Waals surface area contributed by atoms with Gasteiger partial charge in [-0.15, -0.1) is 0 Å². The Morgan fingerprint density at radius 3 is 2.11 bits per heavy atom. The van der Waals surface area contributed by atoms with Crippen LogP contribution in [0.1, 0.15) is 49.4 Å². The number of hydrogen-bond donors (Lipinski definition) is 1. The largest absolute Gasteiger partial charge is 0.352 e. The highest BCUT2D eigenvalue weighted by Crippen LogP contribution is 2.21. The number of benzene rings is 3. The van der Waals surface area contributed by atoms with Gasteiger partial charge >= 0.3 is 0 Å². The number of carbonyl (C=O) groups is 2. The Kier molecular flexibility index (Phi) is 9.92. The summed E-state index contributed by atoms with van der Waals surface area (Å²) in [5, 5.41) is 3.61. The predicted octanol–water partition coefficient (Wildman–Crippen LogP) is 6.00. The minimum Gasteiger partial charge on any atom is -0.352 e. The second-order valence-electron chi connectivity index (χ2n) is 9.15. The van der Waals surface area contributed by atoms with E-state index in [-0.39, 0.29) is 24.4 Å². The van der Waals surface area contributed by atoms with Gasteiger partial charge in [0, 0.05) is 30.5 Å². The van der Waals surface area contributed by atoms with Crippen LogP contribution in [0.4, 0.5) is 0 Å². The Bertz CT molecular complexity index is 1100. The maximum Gasteiger partial charge on any atom is 0.243 e. The molecule has 0 spiro atoms. The van der Waals surface area contributed by atoms with Gasteiger partial charge in [0.1, 0.15) is 6.04 Å². The van der Waals surface area contributed by atoms with E-state index in [1.807, 2.05) is 68.4 Å². The van der Waals surface area contributed by atoms with Gasteiger partial charge in [0.05, 0.1) is 0 Å². The van der Waals surface area contributed by atoms with E-state index in [0.717, 1.165) is 23.1 Å². The lowest BCUT2D eigenvalue weighted by atomic mass is 10.0. The summed E-state index contributed by atoms with van der Waals surface area (Å²) in [6.07, 6.45) is 2.35. The smallest absolute Gasteiger partial charge is 0.243 e. The lowest BCUT2D eigenvalue weighted by molar-refractivity contribution is -0.141. The fourth-order valence-electron chi connectivity index (χ4n) is 4.08. The van der Waals surface area contributed by atoms with Crippen LogP contribution >= 0.6 is 11.6 Å². The van der Waals surface area contributed by atoms with Crippen molar-refractivity contribution < 1.29 is 9.59 Å². The number of hydrogen-bond acceptors (Lipinski definition) is 2. The lowest BCUT2D eigenvalue weighted by Crippen LogP contribution is -2.51. The molecule has 0 bridgehead atoms. The Morgan fingerprint density at radius 2 is 1.49 bits per heavy atom. The van der Waals surface area contributed by atoms with Crippen molar-refractivity contribution in [3.8, 4) is 0 Å². The van der Waals surface area contributed by atoms with Crippen molar-refractivity contribution in [2.45, 2.75) is 65.1 Å². The van der Waals surface area contributed by atoms with E-state index in [1.54, 1.807) is 4.90 Å². The van der Waals surface area contributed by atoms with Gasteiger partial charge in [0.25, 0.3) is 0 Å². The summed E-state index contributed by atoms with van der Waals surface area (Å²) in [5.41, 5.74) is 4.21. The van der Waals surface area contributed by atoms with Crippen molar-refractivity contribution in [3.05, 3.63) is 106 Å². The molecule has 2 amide bonds. The van der Waals surface area contributed by atoms with Gasteiger partial charge in [-0.3, -0.25) is 9.59 Å². The first-order valence-corrected chi connectivity index (χ1v) is 12.7. The van der Waals surface area contributed by atoms with Gasteiger partial charge in [-0.2, -0.15) is 0 Å². The minimum absolute atomic E-state index is 0.0323. The Labute approximate surface area is 214 Å². The molecule has 3 aromatic rings. The van der Waals surface area contributed by atoms with Crippen LogP contribution in [0, 0.1) is 0 Å². The van der Waals surface area contributed by atoms with Crippen LogP contribution in [-0.2, 0) is 35.4 Å². The molecule has 0 aliphatic heterocycles. The molecule has 35 heavy (non-hydrogen) atoms. The van der Waals surface area contributed by atoms with Crippen molar-refractivity contribution in [1.82, 2.24) is 10.2 Å². The maximum atomic E-state index is 13.7. The highest BCUT2D eigenvalue weighted by molar-refractivity contribution is 6.31. The maximum absolute atomic E-state index is 13.7. The van der Waals surface area contributed by atoms with E-state index in [2.05, 4.69) is 36.5 Å². The molecule has 0 aliphatic rings. The number of aryl methyl sites for hydroxylation is 2. The van der Waals surface area contributed by atoms with E-state index >= 15 is 0 Å². The summed E-state index contributed by atoms with van der Waals surface area (Å²) in [4.78, 5) is 28.8. The van der Waals surface area contributed by atoms with Crippen molar-refractivity contribution >= 4 is 23.4 Å². The van der Waals surface area contributed by atoms with Gasteiger partial charge in [-0.25, -0.2) is 0 Å². The molecule has 3 rings (SSSR count). The third-order valence-corrected chi connectivity index (χ3v) is 6.43. The van der Waals surface area contributed by atoms with Crippen LogP contribution in [0.2, 0.25) is 5.02 Å². The third kappa shape index (κ3) is 7.97. The van der Waals surface area contributed by atoms with Gasteiger partial charge in [-0.05, 0) is 55.0 Å². The topological polar surface area (TPSA) is 49.4 Å². The summed E-state index contributed by atoms with van der Waals surface area (Å²) >= 11 is 6.46. The molecule has 0 fully saturated rings. The third-order valence-electron chi connectivity index (χ3n) is 6.06. The Balaban J connectivity index is 1.89. The fourth-order valence-corrected chi connectivity index (χ4v) is 4.28. The van der Waals surface area contributed by atoms with Crippen LogP contribution in [0.15, 0.2) is 78.9 Å². The van der Waals surface area contributed by atoms with Crippen molar-refractivity contribution in [1.29, 1.82) is 0 Å². The van der Waals surface area contributed by atoms with Gasteiger partial charge in [0.15, 0.2) is 0 Å². The second-order valence-corrected chi connectivity index (χ2v) is 9.56. The average Bonchev–Trinajstić information content (AvgIpc) is 2.86. The number of nitrogens with zero attached hydrogens (tertiary/aromatic N) is 1. The van der Waals surface area contributed by atoms with Crippen molar-refractivity contribution in [3.63, 3.8) is 0 Å². The SMILES string of the molecule is CCc1ccc(CCC(=O)N(Cc2ccccc2Cl)[C@@H](Cc2ccccc2)C(=O)NC(C)C)cc1. The number of rotatable bonds is 11. The molecule has 1 N–H and O–H groups in total. The van der Waals surface area contributed by atoms with E-state index in [1.165, 1.54) is 5.56 Å². The van der Waals surface area contributed by atoms with Crippen LogP contribution in [0.5, 0.6) is 0 Å². The Hall–Kier alpha value is -3.11. The number of nitrogens with one attached hydrogen (secondary N) is 1. The number of carbonyl (C=O) groups excluding carboxylic acids is 2. The number of halogens is 1. The first-order chi connectivity index (χ1) is 16.9. The first-order valence-electron chi connectivity index (χ1n) is 12.3. The standard InChI is InChI=1S/C30H35ClN2O2/c1-4-23-14-16-24(17-15-23)18-19-29(34)33(21-26-12-8-9-13-27(26)31)28(30(35)32-22(2)3)20-25-10-6-5-7-11-25/h5-17,22,28H,4,18-21H2,1-3H3,(H,32,35)/t28-/m0/s1. The molecule has 4 nitrogen and oxygen atoms in total. The first kappa shape index (κ1) is 26.5. The minimum atomic E-state index is -0.647. The molecule has 0 aromatic heterocycles. The summed E-state index contributed by atoms with van der Waals surface area (Å²) in [5.74, 6) is -0.221. The van der Waals surface area contributed by atoms with Crippen LogP contribution in [-0.4, -0.2) is 28.8 Å². The van der Waals surface area contributed by atoms with Gasteiger partial charge in [-0.1, -0.05) is 91.3 Å². The molecule has 0 unspecified atom stereocenters. The summed E-state index contributed by atoms with van der Waals surface area (Å²) in [7, 11) is 0. The zero-order chi connectivity index (χ0) is 25.2. The molecule has 3 aromatic carbocycles. The van der Waals surface area contributed by atoms with Crippen molar-refractivity contribution in [2.75, 3.05) is 0 Å². The second kappa shape index (κ2) is 13.1. The van der Waals surface area contributed by atoms with E-state index in [4.69, 9.17) is 11.6 Å². The zero-order valence-electron chi connectivity index (χ0n) is 20.8. The quantitative estimate of drug-likeness (QED) is 0.358. The van der Waals surface area contributed by atoms with Crippen molar-refractivity contribution in [2.24, 2.45) is 0 Å². The van der Waals surface area contributed by atoms with Crippen LogP contribution in [0.25, 0.3) is 0 Å². The molecule has 0 heterocycles.